The minimum Gasteiger partial charge on any atom is -0.489 e. The molecule has 0 amide bonds. The molecule has 0 saturated heterocycles. The second-order valence-electron chi connectivity index (χ2n) is 3.69. The van der Waals surface area contributed by atoms with Gasteiger partial charge in [0.15, 0.2) is 6.29 Å². The smallest absolute Gasteiger partial charge is 0.154 e. The molecule has 92 valence electrons. The van der Waals surface area contributed by atoms with Crippen LogP contribution in [0.4, 0.5) is 4.39 Å². The van der Waals surface area contributed by atoms with Crippen LogP contribution in [0.1, 0.15) is 15.9 Å². The van der Waals surface area contributed by atoms with E-state index in [-0.39, 0.29) is 5.56 Å². The van der Waals surface area contributed by atoms with E-state index >= 15 is 0 Å². The van der Waals surface area contributed by atoms with Gasteiger partial charge < -0.3 is 4.74 Å². The monoisotopic (exact) mass is 308 g/mol. The molecule has 0 N–H and O–H groups in total. The maximum Gasteiger partial charge on any atom is 0.154 e. The van der Waals surface area contributed by atoms with Gasteiger partial charge in [0.05, 0.1) is 5.56 Å². The van der Waals surface area contributed by atoms with E-state index in [1.54, 1.807) is 6.07 Å². The van der Waals surface area contributed by atoms with Crippen LogP contribution in [0.15, 0.2) is 46.9 Å². The molecular formula is C14H10BrFO2. The van der Waals surface area contributed by atoms with Crippen molar-refractivity contribution in [3.63, 3.8) is 0 Å². The molecule has 0 spiro atoms. The van der Waals surface area contributed by atoms with Gasteiger partial charge in [0, 0.05) is 10.5 Å². The van der Waals surface area contributed by atoms with E-state index < -0.39 is 5.82 Å². The second kappa shape index (κ2) is 5.78. The van der Waals surface area contributed by atoms with Crippen molar-refractivity contribution in [1.82, 2.24) is 0 Å². The summed E-state index contributed by atoms with van der Waals surface area (Å²) in [6.45, 7) is 0.354. The van der Waals surface area contributed by atoms with Gasteiger partial charge in [-0.25, -0.2) is 4.39 Å². The first kappa shape index (κ1) is 12.8. The van der Waals surface area contributed by atoms with Crippen LogP contribution in [0, 0.1) is 5.82 Å². The molecule has 2 nitrogen and oxygen atoms in total. The lowest BCUT2D eigenvalue weighted by Gasteiger charge is -2.08. The highest BCUT2D eigenvalue weighted by Gasteiger charge is 2.09. The third-order valence-corrected chi connectivity index (χ3v) is 3.07. The fraction of sp³-hybridized carbons (Fsp3) is 0.0714. The summed E-state index contributed by atoms with van der Waals surface area (Å²) in [6.07, 6.45) is 0.473. The van der Waals surface area contributed by atoms with Gasteiger partial charge in [0.25, 0.3) is 0 Å². The summed E-state index contributed by atoms with van der Waals surface area (Å²) >= 11 is 3.13. The number of carbonyl (C=O) groups is 1. The fourth-order valence-corrected chi connectivity index (χ4v) is 2.01. The van der Waals surface area contributed by atoms with E-state index in [1.807, 2.05) is 30.3 Å². The molecule has 0 radical (unpaired) electrons. The quantitative estimate of drug-likeness (QED) is 0.799. The largest absolute Gasteiger partial charge is 0.489 e. The molecule has 0 aliphatic carbocycles. The van der Waals surface area contributed by atoms with Crippen molar-refractivity contribution in [1.29, 1.82) is 0 Å². The molecule has 0 aliphatic rings. The van der Waals surface area contributed by atoms with Gasteiger partial charge in [-0.3, -0.25) is 4.79 Å². The van der Waals surface area contributed by atoms with Crippen LogP contribution in [-0.4, -0.2) is 6.29 Å². The van der Waals surface area contributed by atoms with Crippen molar-refractivity contribution in [3.8, 4) is 5.75 Å². The van der Waals surface area contributed by atoms with Crippen LogP contribution in [0.25, 0.3) is 0 Å². The Labute approximate surface area is 113 Å². The molecule has 0 saturated carbocycles. The Hall–Kier alpha value is -1.68. The molecule has 4 heteroatoms. The van der Waals surface area contributed by atoms with Crippen LogP contribution in [0.3, 0.4) is 0 Å². The summed E-state index contributed by atoms with van der Waals surface area (Å²) < 4.78 is 19.4. The zero-order chi connectivity index (χ0) is 13.0. The normalized spacial score (nSPS) is 10.1. The van der Waals surface area contributed by atoms with E-state index in [2.05, 4.69) is 15.9 Å². The van der Waals surface area contributed by atoms with E-state index in [4.69, 9.17) is 4.74 Å². The van der Waals surface area contributed by atoms with Crippen LogP contribution in [-0.2, 0) is 6.61 Å². The Bertz CT molecular complexity index is 532. The van der Waals surface area contributed by atoms with Crippen LogP contribution < -0.4 is 4.74 Å². The summed E-state index contributed by atoms with van der Waals surface area (Å²) in [4.78, 5) is 10.6. The first-order valence-corrected chi connectivity index (χ1v) is 6.11. The molecule has 0 aromatic heterocycles. The Morgan fingerprint density at radius 2 is 1.94 bits per heavy atom. The Kier molecular flexibility index (Phi) is 4.10. The van der Waals surface area contributed by atoms with Gasteiger partial charge in [0.1, 0.15) is 18.2 Å². The lowest BCUT2D eigenvalue weighted by molar-refractivity contribution is 0.111. The maximum absolute atomic E-state index is 13.5. The first-order valence-electron chi connectivity index (χ1n) is 5.31. The van der Waals surface area contributed by atoms with Gasteiger partial charge in [-0.15, -0.1) is 0 Å². The first-order chi connectivity index (χ1) is 8.70. The maximum atomic E-state index is 13.5. The molecule has 2 rings (SSSR count). The molecular weight excluding hydrogens is 299 g/mol. The van der Waals surface area contributed by atoms with Crippen molar-refractivity contribution >= 4 is 22.2 Å². The van der Waals surface area contributed by atoms with Crippen LogP contribution in [0.2, 0.25) is 0 Å². The Morgan fingerprint density at radius 3 is 2.56 bits per heavy atom. The number of carbonyl (C=O) groups excluding carboxylic acids is 1. The average molecular weight is 309 g/mol. The molecule has 0 bridgehead atoms. The van der Waals surface area contributed by atoms with E-state index in [0.29, 0.717) is 23.1 Å². The molecule has 0 atom stereocenters. The summed E-state index contributed by atoms with van der Waals surface area (Å²) in [5, 5.41) is 0. The summed E-state index contributed by atoms with van der Waals surface area (Å²) in [7, 11) is 0. The molecule has 0 unspecified atom stereocenters. The standard InChI is InChI=1S/C14H10BrFO2/c15-13-6-11(7-14(16)12(13)8-17)18-9-10-4-2-1-3-5-10/h1-8H,9H2. The van der Waals surface area contributed by atoms with E-state index in [1.165, 1.54) is 6.07 Å². The third-order valence-electron chi connectivity index (χ3n) is 2.42. The number of benzene rings is 2. The van der Waals surface area contributed by atoms with Crippen LogP contribution >= 0.6 is 15.9 Å². The number of hydrogen-bond acceptors (Lipinski definition) is 2. The third kappa shape index (κ3) is 2.96. The number of ether oxygens (including phenoxy) is 1. The number of halogens is 2. The fourth-order valence-electron chi connectivity index (χ4n) is 1.50. The number of rotatable bonds is 4. The Balaban J connectivity index is 2.13. The average Bonchev–Trinajstić information content (AvgIpc) is 2.37. The molecule has 0 fully saturated rings. The lowest BCUT2D eigenvalue weighted by Crippen LogP contribution is -1.97. The van der Waals surface area contributed by atoms with Crippen molar-refractivity contribution in [2.75, 3.05) is 0 Å². The lowest BCUT2D eigenvalue weighted by atomic mass is 10.2. The SMILES string of the molecule is O=Cc1c(F)cc(OCc2ccccc2)cc1Br. The Morgan fingerprint density at radius 1 is 1.22 bits per heavy atom. The zero-order valence-corrected chi connectivity index (χ0v) is 11.0. The summed E-state index contributed by atoms with van der Waals surface area (Å²) in [5.74, 6) is -0.212. The van der Waals surface area contributed by atoms with E-state index in [0.717, 1.165) is 5.56 Å². The van der Waals surface area contributed by atoms with Crippen molar-refractivity contribution in [2.24, 2.45) is 0 Å². The van der Waals surface area contributed by atoms with Crippen molar-refractivity contribution in [2.45, 2.75) is 6.61 Å². The minimum atomic E-state index is -0.595. The van der Waals surface area contributed by atoms with Gasteiger partial charge in [-0.05, 0) is 27.6 Å². The number of hydrogen-bond donors (Lipinski definition) is 0. The highest BCUT2D eigenvalue weighted by Crippen LogP contribution is 2.25. The highest BCUT2D eigenvalue weighted by atomic mass is 79.9. The molecule has 0 heterocycles. The highest BCUT2D eigenvalue weighted by molar-refractivity contribution is 9.10. The molecule has 0 aliphatic heterocycles. The predicted octanol–water partition coefficient (Wildman–Crippen LogP) is 3.98. The number of aldehydes is 1. The molecule has 2 aromatic carbocycles. The predicted molar refractivity (Wildman–Crippen MR) is 70.3 cm³/mol. The van der Waals surface area contributed by atoms with Crippen molar-refractivity contribution in [3.05, 3.63) is 63.9 Å². The van der Waals surface area contributed by atoms with Crippen molar-refractivity contribution < 1.29 is 13.9 Å². The molecule has 18 heavy (non-hydrogen) atoms. The van der Waals surface area contributed by atoms with E-state index in [9.17, 15) is 9.18 Å². The van der Waals surface area contributed by atoms with Gasteiger partial charge >= 0.3 is 0 Å². The van der Waals surface area contributed by atoms with Gasteiger partial charge in [0.2, 0.25) is 0 Å². The summed E-state index contributed by atoms with van der Waals surface area (Å²) in [5.41, 5.74) is 0.996. The van der Waals surface area contributed by atoms with Crippen LogP contribution in [0.5, 0.6) is 5.75 Å². The molecule has 2 aromatic rings. The topological polar surface area (TPSA) is 26.3 Å². The minimum absolute atomic E-state index is 0.00191. The van der Waals surface area contributed by atoms with Gasteiger partial charge in [-0.1, -0.05) is 30.3 Å². The zero-order valence-electron chi connectivity index (χ0n) is 9.40. The second-order valence-corrected chi connectivity index (χ2v) is 4.55. The summed E-state index contributed by atoms with van der Waals surface area (Å²) in [6, 6.07) is 12.4. The van der Waals surface area contributed by atoms with Gasteiger partial charge in [-0.2, -0.15) is 0 Å².